The van der Waals surface area contributed by atoms with E-state index in [2.05, 4.69) is 0 Å². The number of hydrogen-bond acceptors (Lipinski definition) is 3. The van der Waals surface area contributed by atoms with E-state index in [1.165, 1.54) is 0 Å². The van der Waals surface area contributed by atoms with E-state index < -0.39 is 0 Å². The van der Waals surface area contributed by atoms with E-state index >= 15 is 0 Å². The van der Waals surface area contributed by atoms with Crippen molar-refractivity contribution in [1.82, 2.24) is 4.90 Å². The van der Waals surface area contributed by atoms with Gasteiger partial charge in [0, 0.05) is 20.1 Å². The maximum absolute atomic E-state index is 11.9. The molecule has 0 aromatic rings. The zero-order valence-electron chi connectivity index (χ0n) is 10.8. The fraction of sp³-hybridized carbons (Fsp3) is 0.833. The molecule has 0 aromatic carbocycles. The number of carbonyl (C=O) groups is 1. The Balaban J connectivity index is 2.29. The minimum atomic E-state index is -0.166. The molecule has 17 heavy (non-hydrogen) atoms. The molecule has 1 fully saturated rings. The minimum absolute atomic E-state index is 0.116. The molecule has 98 valence electrons. The van der Waals surface area contributed by atoms with E-state index in [1.807, 2.05) is 13.8 Å². The lowest BCUT2D eigenvalue weighted by atomic mass is 9.79. The van der Waals surface area contributed by atoms with Crippen molar-refractivity contribution >= 4 is 23.1 Å². The third-order valence-electron chi connectivity index (χ3n) is 3.44. The molecule has 1 unspecified atom stereocenters. The summed E-state index contributed by atoms with van der Waals surface area (Å²) in [6.45, 7) is 4.60. The zero-order valence-corrected chi connectivity index (χ0v) is 11.6. The predicted molar refractivity (Wildman–Crippen MR) is 71.8 cm³/mol. The molecule has 0 bridgehead atoms. The lowest BCUT2D eigenvalue weighted by molar-refractivity contribution is -0.133. The third kappa shape index (κ3) is 3.92. The molecular formula is C12H22N2O2S. The average Bonchev–Trinajstić information content (AvgIpc) is 2.23. The number of ether oxygens (including phenoxy) is 1. The fourth-order valence-electron chi connectivity index (χ4n) is 2.01. The molecule has 1 aliphatic rings. The molecule has 0 heterocycles. The van der Waals surface area contributed by atoms with Crippen molar-refractivity contribution in [3.05, 3.63) is 0 Å². The van der Waals surface area contributed by atoms with Crippen molar-refractivity contribution in [1.29, 1.82) is 0 Å². The largest absolute Gasteiger partial charge is 0.392 e. The number of amides is 1. The summed E-state index contributed by atoms with van der Waals surface area (Å²) in [7, 11) is 1.75. The van der Waals surface area contributed by atoms with Crippen LogP contribution >= 0.6 is 12.2 Å². The Kier molecular flexibility index (Phi) is 5.33. The molecule has 1 saturated carbocycles. The van der Waals surface area contributed by atoms with Gasteiger partial charge in [0.25, 0.3) is 0 Å². The van der Waals surface area contributed by atoms with Crippen LogP contribution < -0.4 is 5.73 Å². The van der Waals surface area contributed by atoms with Gasteiger partial charge < -0.3 is 15.4 Å². The number of rotatable bonds is 6. The van der Waals surface area contributed by atoms with Crippen LogP contribution in [0, 0.1) is 5.92 Å². The van der Waals surface area contributed by atoms with Gasteiger partial charge in [0.15, 0.2) is 0 Å². The highest BCUT2D eigenvalue weighted by Crippen LogP contribution is 2.33. The summed E-state index contributed by atoms with van der Waals surface area (Å²) in [6, 6.07) is -0.166. The second kappa shape index (κ2) is 6.31. The van der Waals surface area contributed by atoms with Gasteiger partial charge in [0.1, 0.15) is 0 Å². The topological polar surface area (TPSA) is 55.6 Å². The third-order valence-corrected chi connectivity index (χ3v) is 3.79. The van der Waals surface area contributed by atoms with Crippen molar-refractivity contribution in [2.45, 2.75) is 45.3 Å². The molecule has 4 nitrogen and oxygen atoms in total. The number of carbonyl (C=O) groups excluding carboxylic acids is 1. The molecule has 0 spiro atoms. The van der Waals surface area contributed by atoms with Crippen LogP contribution in [0.1, 0.15) is 33.1 Å². The normalized spacial score (nSPS) is 24.9. The monoisotopic (exact) mass is 258 g/mol. The molecule has 1 rings (SSSR count). The van der Waals surface area contributed by atoms with Crippen molar-refractivity contribution in [2.75, 3.05) is 13.7 Å². The number of hydrogen-bond donors (Lipinski definition) is 1. The van der Waals surface area contributed by atoms with Crippen LogP contribution in [0.2, 0.25) is 0 Å². The summed E-state index contributed by atoms with van der Waals surface area (Å²) in [4.78, 5) is 13.9. The van der Waals surface area contributed by atoms with E-state index in [1.54, 1.807) is 11.9 Å². The molecule has 1 aliphatic carbocycles. The standard InChI is InChI=1S/C12H22N2O2S/c1-4-16-10-5-9(6-10)7-11(15)14(3)8(2)12(13)17/h8-10H,4-7H2,1-3H3,(H2,13,17). The van der Waals surface area contributed by atoms with E-state index in [0.29, 0.717) is 23.4 Å². The van der Waals surface area contributed by atoms with Crippen LogP contribution in [0.5, 0.6) is 0 Å². The summed E-state index contributed by atoms with van der Waals surface area (Å²) in [5, 5.41) is 0. The zero-order chi connectivity index (χ0) is 13.0. The second-order valence-electron chi connectivity index (χ2n) is 4.70. The van der Waals surface area contributed by atoms with E-state index in [9.17, 15) is 4.79 Å². The molecule has 1 amide bonds. The summed E-state index contributed by atoms with van der Waals surface area (Å²) in [5.41, 5.74) is 5.53. The molecule has 0 aromatic heterocycles. The number of thiocarbonyl (C=S) groups is 1. The highest BCUT2D eigenvalue weighted by Gasteiger charge is 2.32. The van der Waals surface area contributed by atoms with Crippen molar-refractivity contribution < 1.29 is 9.53 Å². The molecule has 2 N–H and O–H groups in total. The first-order valence-corrected chi connectivity index (χ1v) is 6.53. The Morgan fingerprint density at radius 2 is 2.18 bits per heavy atom. The summed E-state index contributed by atoms with van der Waals surface area (Å²) in [5.74, 6) is 0.574. The quantitative estimate of drug-likeness (QED) is 0.730. The van der Waals surface area contributed by atoms with E-state index in [-0.39, 0.29) is 11.9 Å². The first kappa shape index (κ1) is 14.4. The number of likely N-dealkylation sites (N-methyl/N-ethyl adjacent to an activating group) is 1. The van der Waals surface area contributed by atoms with Crippen LogP contribution in [0.3, 0.4) is 0 Å². The van der Waals surface area contributed by atoms with Gasteiger partial charge in [-0.05, 0) is 32.6 Å². The maximum atomic E-state index is 11.9. The van der Waals surface area contributed by atoms with Gasteiger partial charge in [0.05, 0.1) is 17.1 Å². The molecule has 0 aliphatic heterocycles. The van der Waals surface area contributed by atoms with Gasteiger partial charge in [-0.25, -0.2) is 0 Å². The SMILES string of the molecule is CCOC1CC(CC(=O)N(C)C(C)C(N)=S)C1. The van der Waals surface area contributed by atoms with Gasteiger partial charge in [0.2, 0.25) is 5.91 Å². The lowest BCUT2D eigenvalue weighted by Crippen LogP contribution is -2.44. The van der Waals surface area contributed by atoms with Crippen LogP contribution in [-0.2, 0) is 9.53 Å². The van der Waals surface area contributed by atoms with Gasteiger partial charge in [-0.15, -0.1) is 0 Å². The first-order chi connectivity index (χ1) is 7.95. The van der Waals surface area contributed by atoms with E-state index in [4.69, 9.17) is 22.7 Å². The second-order valence-corrected chi connectivity index (χ2v) is 5.17. The fourth-order valence-corrected chi connectivity index (χ4v) is 2.17. The Bertz CT molecular complexity index is 290. The lowest BCUT2D eigenvalue weighted by Gasteiger charge is -2.36. The van der Waals surface area contributed by atoms with Crippen LogP contribution in [-0.4, -0.2) is 41.6 Å². The Morgan fingerprint density at radius 3 is 2.65 bits per heavy atom. The van der Waals surface area contributed by atoms with E-state index in [0.717, 1.165) is 19.4 Å². The highest BCUT2D eigenvalue weighted by atomic mass is 32.1. The number of nitrogens with two attached hydrogens (primary N) is 1. The van der Waals surface area contributed by atoms with Gasteiger partial charge in [-0.2, -0.15) is 0 Å². The molecule has 0 saturated heterocycles. The molecular weight excluding hydrogens is 236 g/mol. The van der Waals surface area contributed by atoms with Gasteiger partial charge in [-0.1, -0.05) is 12.2 Å². The van der Waals surface area contributed by atoms with Crippen LogP contribution in [0.4, 0.5) is 0 Å². The molecule has 5 heteroatoms. The van der Waals surface area contributed by atoms with Gasteiger partial charge >= 0.3 is 0 Å². The van der Waals surface area contributed by atoms with Gasteiger partial charge in [-0.3, -0.25) is 4.79 Å². The predicted octanol–water partition coefficient (Wildman–Crippen LogP) is 1.32. The minimum Gasteiger partial charge on any atom is -0.392 e. The number of nitrogens with zero attached hydrogens (tertiary/aromatic N) is 1. The highest BCUT2D eigenvalue weighted by molar-refractivity contribution is 7.80. The summed E-state index contributed by atoms with van der Waals surface area (Å²) >= 11 is 4.89. The summed E-state index contributed by atoms with van der Waals surface area (Å²) in [6.07, 6.45) is 2.92. The Labute approximate surface area is 108 Å². The van der Waals surface area contributed by atoms with Crippen LogP contribution in [0.15, 0.2) is 0 Å². The average molecular weight is 258 g/mol. The van der Waals surface area contributed by atoms with Crippen molar-refractivity contribution in [3.8, 4) is 0 Å². The Morgan fingerprint density at radius 1 is 1.59 bits per heavy atom. The summed E-state index contributed by atoms with van der Waals surface area (Å²) < 4.78 is 5.47. The van der Waals surface area contributed by atoms with Crippen molar-refractivity contribution in [2.24, 2.45) is 11.7 Å². The smallest absolute Gasteiger partial charge is 0.223 e. The molecule has 1 atom stereocenters. The van der Waals surface area contributed by atoms with Crippen LogP contribution in [0.25, 0.3) is 0 Å². The maximum Gasteiger partial charge on any atom is 0.223 e. The van der Waals surface area contributed by atoms with Crippen molar-refractivity contribution in [3.63, 3.8) is 0 Å². The Hall–Kier alpha value is -0.680. The molecule has 0 radical (unpaired) electrons. The first-order valence-electron chi connectivity index (χ1n) is 6.12.